The Bertz CT molecular complexity index is 502. The number of halogens is 1. The molecule has 1 aliphatic rings. The van der Waals surface area contributed by atoms with Crippen molar-refractivity contribution in [3.8, 4) is 0 Å². The molecule has 0 atom stereocenters. The van der Waals surface area contributed by atoms with Crippen LogP contribution >= 0.6 is 0 Å². The van der Waals surface area contributed by atoms with E-state index in [-0.39, 0.29) is 5.82 Å². The van der Waals surface area contributed by atoms with Crippen molar-refractivity contribution in [1.29, 1.82) is 0 Å². The number of hydrogen-bond acceptors (Lipinski definition) is 3. The summed E-state index contributed by atoms with van der Waals surface area (Å²) >= 11 is 0. The average molecular weight is 220 g/mol. The molecular formula is C11H13FN4. The fourth-order valence-corrected chi connectivity index (χ4v) is 2.05. The molecule has 84 valence electrons. The third kappa shape index (κ3) is 1.63. The van der Waals surface area contributed by atoms with Crippen LogP contribution in [0.5, 0.6) is 0 Å². The number of anilines is 1. The van der Waals surface area contributed by atoms with Gasteiger partial charge < -0.3 is 15.2 Å². The van der Waals surface area contributed by atoms with E-state index in [0.717, 1.165) is 43.0 Å². The molecule has 2 N–H and O–H groups in total. The lowest BCUT2D eigenvalue weighted by molar-refractivity contribution is 0.586. The molecular weight excluding hydrogens is 207 g/mol. The van der Waals surface area contributed by atoms with Crippen LogP contribution in [0.2, 0.25) is 0 Å². The smallest absolute Gasteiger partial charge is 0.142 e. The molecule has 0 amide bonds. The highest BCUT2D eigenvalue weighted by Gasteiger charge is 2.13. The number of piperazine rings is 1. The Labute approximate surface area is 92.5 Å². The summed E-state index contributed by atoms with van der Waals surface area (Å²) in [4.78, 5) is 9.48. The molecule has 0 saturated carbocycles. The molecule has 0 unspecified atom stereocenters. The summed E-state index contributed by atoms with van der Waals surface area (Å²) in [5.41, 5.74) is 0.745. The molecule has 0 radical (unpaired) electrons. The van der Waals surface area contributed by atoms with Crippen LogP contribution < -0.4 is 10.2 Å². The zero-order chi connectivity index (χ0) is 11.0. The number of aromatic amines is 1. The molecule has 1 fully saturated rings. The van der Waals surface area contributed by atoms with E-state index in [1.807, 2.05) is 6.07 Å². The Hall–Kier alpha value is -1.62. The third-order valence-corrected chi connectivity index (χ3v) is 2.88. The maximum absolute atomic E-state index is 13.0. The maximum Gasteiger partial charge on any atom is 0.142 e. The van der Waals surface area contributed by atoms with E-state index in [0.29, 0.717) is 0 Å². The summed E-state index contributed by atoms with van der Waals surface area (Å²) < 4.78 is 13.0. The highest BCUT2D eigenvalue weighted by molar-refractivity contribution is 5.80. The van der Waals surface area contributed by atoms with Gasteiger partial charge >= 0.3 is 0 Å². The summed E-state index contributed by atoms with van der Waals surface area (Å²) in [6.07, 6.45) is 1.24. The molecule has 3 rings (SSSR count). The zero-order valence-electron chi connectivity index (χ0n) is 8.83. The van der Waals surface area contributed by atoms with Crippen molar-refractivity contribution in [3.05, 3.63) is 24.1 Å². The second-order valence-corrected chi connectivity index (χ2v) is 3.98. The minimum atomic E-state index is -0.293. The molecule has 3 heterocycles. The number of hydrogen-bond donors (Lipinski definition) is 2. The van der Waals surface area contributed by atoms with Crippen LogP contribution in [0, 0.1) is 5.82 Å². The first-order valence-corrected chi connectivity index (χ1v) is 5.43. The first-order valence-electron chi connectivity index (χ1n) is 5.43. The van der Waals surface area contributed by atoms with Crippen molar-refractivity contribution >= 4 is 16.9 Å². The minimum Gasteiger partial charge on any atom is -0.356 e. The summed E-state index contributed by atoms with van der Waals surface area (Å²) in [6, 6.07) is 3.46. The maximum atomic E-state index is 13.0. The Morgan fingerprint density at radius 2 is 2.06 bits per heavy atom. The second kappa shape index (κ2) is 3.75. The molecule has 0 aromatic carbocycles. The van der Waals surface area contributed by atoms with E-state index in [9.17, 15) is 4.39 Å². The molecule has 2 aromatic rings. The monoisotopic (exact) mass is 220 g/mol. The molecule has 1 saturated heterocycles. The Morgan fingerprint density at radius 3 is 2.88 bits per heavy atom. The van der Waals surface area contributed by atoms with Gasteiger partial charge in [-0.15, -0.1) is 0 Å². The van der Waals surface area contributed by atoms with Gasteiger partial charge in [0.05, 0.1) is 6.20 Å². The minimum absolute atomic E-state index is 0.293. The van der Waals surface area contributed by atoms with Gasteiger partial charge in [0.25, 0.3) is 0 Å². The van der Waals surface area contributed by atoms with E-state index >= 15 is 0 Å². The molecule has 0 bridgehead atoms. The SMILES string of the molecule is Fc1cnc2[nH]c(N3CCNCC3)cc2c1. The largest absolute Gasteiger partial charge is 0.356 e. The Morgan fingerprint density at radius 1 is 1.25 bits per heavy atom. The normalized spacial score (nSPS) is 16.9. The molecule has 0 aliphatic carbocycles. The molecule has 1 aliphatic heterocycles. The number of H-pyrrole nitrogens is 1. The molecule has 2 aromatic heterocycles. The quantitative estimate of drug-likeness (QED) is 0.756. The van der Waals surface area contributed by atoms with Crippen molar-refractivity contribution in [2.75, 3.05) is 31.1 Å². The van der Waals surface area contributed by atoms with Crippen LogP contribution in [0.1, 0.15) is 0 Å². The third-order valence-electron chi connectivity index (χ3n) is 2.88. The number of fused-ring (bicyclic) bond motifs is 1. The first kappa shape index (κ1) is 9.59. The molecule has 4 nitrogen and oxygen atoms in total. The average Bonchev–Trinajstić information content (AvgIpc) is 2.73. The van der Waals surface area contributed by atoms with Crippen molar-refractivity contribution in [2.45, 2.75) is 0 Å². The highest BCUT2D eigenvalue weighted by atomic mass is 19.1. The number of rotatable bonds is 1. The first-order chi connectivity index (χ1) is 7.83. The topological polar surface area (TPSA) is 44.0 Å². The number of nitrogens with one attached hydrogen (secondary N) is 2. The van der Waals surface area contributed by atoms with Crippen LogP contribution in [0.4, 0.5) is 10.2 Å². The predicted octanol–water partition coefficient (Wildman–Crippen LogP) is 1.11. The van der Waals surface area contributed by atoms with E-state index in [1.165, 1.54) is 12.3 Å². The van der Waals surface area contributed by atoms with Gasteiger partial charge in [0.2, 0.25) is 0 Å². The van der Waals surface area contributed by atoms with Crippen LogP contribution in [0.25, 0.3) is 11.0 Å². The fourth-order valence-electron chi connectivity index (χ4n) is 2.05. The summed E-state index contributed by atoms with van der Waals surface area (Å²) in [6.45, 7) is 3.90. The number of pyridine rings is 1. The van der Waals surface area contributed by atoms with Gasteiger partial charge in [-0.3, -0.25) is 0 Å². The van der Waals surface area contributed by atoms with Crippen LogP contribution in [-0.4, -0.2) is 36.1 Å². The lowest BCUT2D eigenvalue weighted by Gasteiger charge is -2.27. The van der Waals surface area contributed by atoms with Gasteiger partial charge in [-0.05, 0) is 12.1 Å². The Balaban J connectivity index is 1.97. The summed E-state index contributed by atoms with van der Waals surface area (Å²) in [5.74, 6) is 0.730. The van der Waals surface area contributed by atoms with Crippen molar-refractivity contribution in [3.63, 3.8) is 0 Å². The summed E-state index contributed by atoms with van der Waals surface area (Å²) in [5, 5.41) is 4.12. The van der Waals surface area contributed by atoms with Crippen molar-refractivity contribution in [1.82, 2.24) is 15.3 Å². The van der Waals surface area contributed by atoms with Gasteiger partial charge in [-0.1, -0.05) is 0 Å². The zero-order valence-corrected chi connectivity index (χ0v) is 8.83. The number of nitrogens with zero attached hydrogens (tertiary/aromatic N) is 2. The van der Waals surface area contributed by atoms with Crippen LogP contribution in [0.3, 0.4) is 0 Å². The van der Waals surface area contributed by atoms with E-state index in [4.69, 9.17) is 0 Å². The van der Waals surface area contributed by atoms with E-state index in [2.05, 4.69) is 20.2 Å². The highest BCUT2D eigenvalue weighted by Crippen LogP contribution is 2.20. The van der Waals surface area contributed by atoms with Gasteiger partial charge in [-0.2, -0.15) is 0 Å². The standard InChI is InChI=1S/C11H13FN4/c12-9-5-8-6-10(15-11(8)14-7-9)16-3-1-13-2-4-16/h5-7,13H,1-4H2,(H,14,15). The fraction of sp³-hybridized carbons (Fsp3) is 0.364. The lowest BCUT2D eigenvalue weighted by Crippen LogP contribution is -2.43. The van der Waals surface area contributed by atoms with Crippen molar-refractivity contribution in [2.24, 2.45) is 0 Å². The Kier molecular flexibility index (Phi) is 2.25. The summed E-state index contributed by atoms with van der Waals surface area (Å²) in [7, 11) is 0. The van der Waals surface area contributed by atoms with Gasteiger partial charge in [0.1, 0.15) is 17.3 Å². The predicted molar refractivity (Wildman–Crippen MR) is 61.1 cm³/mol. The second-order valence-electron chi connectivity index (χ2n) is 3.98. The number of aromatic nitrogens is 2. The van der Waals surface area contributed by atoms with E-state index in [1.54, 1.807) is 0 Å². The molecule has 0 spiro atoms. The van der Waals surface area contributed by atoms with Gasteiger partial charge in [0, 0.05) is 31.6 Å². The molecule has 5 heteroatoms. The van der Waals surface area contributed by atoms with Gasteiger partial charge in [0.15, 0.2) is 0 Å². The lowest BCUT2D eigenvalue weighted by atomic mass is 10.3. The van der Waals surface area contributed by atoms with Crippen LogP contribution in [0.15, 0.2) is 18.3 Å². The van der Waals surface area contributed by atoms with Crippen molar-refractivity contribution < 1.29 is 4.39 Å². The van der Waals surface area contributed by atoms with Gasteiger partial charge in [-0.25, -0.2) is 9.37 Å². The van der Waals surface area contributed by atoms with Crippen LogP contribution in [-0.2, 0) is 0 Å². The molecule has 16 heavy (non-hydrogen) atoms. The van der Waals surface area contributed by atoms with E-state index < -0.39 is 0 Å².